The van der Waals surface area contributed by atoms with Crippen molar-refractivity contribution in [3.8, 4) is 0 Å². The van der Waals surface area contributed by atoms with Crippen molar-refractivity contribution in [2.24, 2.45) is 5.92 Å². The van der Waals surface area contributed by atoms with E-state index in [0.29, 0.717) is 18.6 Å². The number of fused-ring (bicyclic) bond motifs is 1. The topological polar surface area (TPSA) is 24.1 Å². The minimum absolute atomic E-state index is 0.174. The van der Waals surface area contributed by atoms with Crippen molar-refractivity contribution in [3.05, 3.63) is 0 Å². The van der Waals surface area contributed by atoms with E-state index in [9.17, 15) is 8.78 Å². The van der Waals surface area contributed by atoms with Gasteiger partial charge in [0.1, 0.15) is 0 Å². The Morgan fingerprint density at radius 3 is 2.75 bits per heavy atom. The fourth-order valence-corrected chi connectivity index (χ4v) is 3.10. The second-order valence-corrected chi connectivity index (χ2v) is 5.14. The van der Waals surface area contributed by atoms with E-state index < -0.39 is 6.43 Å². The standard InChI is InChI=1S/C12H22F2N2/c13-12(14)8-15-7-10-6-5-9-3-1-2-4-11(9)16-10/h9-12,15-16H,1-8H2. The van der Waals surface area contributed by atoms with Crippen molar-refractivity contribution in [2.45, 2.75) is 57.0 Å². The van der Waals surface area contributed by atoms with Gasteiger partial charge in [0.15, 0.2) is 0 Å². The number of nitrogens with one attached hydrogen (secondary N) is 2. The molecule has 0 aromatic heterocycles. The molecule has 0 aromatic rings. The van der Waals surface area contributed by atoms with E-state index >= 15 is 0 Å². The van der Waals surface area contributed by atoms with Crippen molar-refractivity contribution < 1.29 is 8.78 Å². The van der Waals surface area contributed by atoms with E-state index in [1.54, 1.807) is 0 Å². The van der Waals surface area contributed by atoms with Crippen LogP contribution in [-0.4, -0.2) is 31.6 Å². The van der Waals surface area contributed by atoms with Gasteiger partial charge in [-0.1, -0.05) is 12.8 Å². The lowest BCUT2D eigenvalue weighted by atomic mass is 9.78. The highest BCUT2D eigenvalue weighted by Crippen LogP contribution is 2.31. The van der Waals surface area contributed by atoms with Crippen LogP contribution in [0, 0.1) is 5.92 Å². The first-order chi connectivity index (χ1) is 7.75. The summed E-state index contributed by atoms with van der Waals surface area (Å²) in [7, 11) is 0. The minimum atomic E-state index is -2.23. The van der Waals surface area contributed by atoms with Gasteiger partial charge >= 0.3 is 0 Å². The summed E-state index contributed by atoms with van der Waals surface area (Å²) in [5.41, 5.74) is 0. The summed E-state index contributed by atoms with van der Waals surface area (Å²) in [6.07, 6.45) is 5.51. The zero-order valence-electron chi connectivity index (χ0n) is 9.72. The Balaban J connectivity index is 1.68. The molecule has 1 heterocycles. The molecule has 2 rings (SSSR count). The van der Waals surface area contributed by atoms with Gasteiger partial charge in [-0.2, -0.15) is 0 Å². The van der Waals surface area contributed by atoms with Gasteiger partial charge in [0.05, 0.1) is 6.54 Å². The summed E-state index contributed by atoms with van der Waals surface area (Å²) < 4.78 is 23.9. The number of hydrogen-bond acceptors (Lipinski definition) is 2. The summed E-state index contributed by atoms with van der Waals surface area (Å²) in [5, 5.41) is 6.46. The second-order valence-electron chi connectivity index (χ2n) is 5.14. The van der Waals surface area contributed by atoms with E-state index in [1.807, 2.05) is 0 Å². The first kappa shape index (κ1) is 12.2. The molecule has 3 atom stereocenters. The van der Waals surface area contributed by atoms with E-state index in [1.165, 1.54) is 32.1 Å². The highest BCUT2D eigenvalue weighted by molar-refractivity contribution is 4.89. The van der Waals surface area contributed by atoms with Crippen LogP contribution in [-0.2, 0) is 0 Å². The largest absolute Gasteiger partial charge is 0.310 e. The molecule has 0 aromatic carbocycles. The quantitative estimate of drug-likeness (QED) is 0.776. The Morgan fingerprint density at radius 2 is 1.94 bits per heavy atom. The van der Waals surface area contributed by atoms with Crippen LogP contribution in [0.5, 0.6) is 0 Å². The molecule has 1 saturated heterocycles. The molecule has 2 aliphatic rings. The fraction of sp³-hybridized carbons (Fsp3) is 1.00. The predicted molar refractivity (Wildman–Crippen MR) is 60.8 cm³/mol. The van der Waals surface area contributed by atoms with Crippen LogP contribution in [0.15, 0.2) is 0 Å². The molecule has 0 bridgehead atoms. The van der Waals surface area contributed by atoms with E-state index in [-0.39, 0.29) is 6.54 Å². The average Bonchev–Trinajstić information content (AvgIpc) is 2.28. The monoisotopic (exact) mass is 232 g/mol. The number of piperidine rings is 1. The molecule has 2 N–H and O–H groups in total. The van der Waals surface area contributed by atoms with Gasteiger partial charge in [0, 0.05) is 18.6 Å². The molecule has 1 aliphatic carbocycles. The van der Waals surface area contributed by atoms with Gasteiger partial charge < -0.3 is 10.6 Å². The third-order valence-corrected chi connectivity index (χ3v) is 3.93. The first-order valence-corrected chi connectivity index (χ1v) is 6.50. The SMILES string of the molecule is FC(F)CNCC1CCC2CCCCC2N1. The molecule has 0 spiro atoms. The molecule has 4 heteroatoms. The Kier molecular flexibility index (Phi) is 4.53. The maximum absolute atomic E-state index is 12.0. The second kappa shape index (κ2) is 5.92. The molecule has 16 heavy (non-hydrogen) atoms. The molecule has 0 amide bonds. The molecule has 1 aliphatic heterocycles. The van der Waals surface area contributed by atoms with E-state index in [2.05, 4.69) is 10.6 Å². The zero-order chi connectivity index (χ0) is 11.4. The fourth-order valence-electron chi connectivity index (χ4n) is 3.10. The van der Waals surface area contributed by atoms with Gasteiger partial charge in [-0.3, -0.25) is 0 Å². The first-order valence-electron chi connectivity index (χ1n) is 6.50. The summed E-state index contributed by atoms with van der Waals surface area (Å²) in [4.78, 5) is 0. The minimum Gasteiger partial charge on any atom is -0.310 e. The number of alkyl halides is 2. The molecule has 0 radical (unpaired) electrons. The van der Waals surface area contributed by atoms with Crippen molar-refractivity contribution in [1.29, 1.82) is 0 Å². The van der Waals surface area contributed by atoms with Crippen molar-refractivity contribution in [2.75, 3.05) is 13.1 Å². The van der Waals surface area contributed by atoms with E-state index in [0.717, 1.165) is 12.3 Å². The molecule has 2 fully saturated rings. The van der Waals surface area contributed by atoms with Crippen LogP contribution in [0.4, 0.5) is 8.78 Å². The average molecular weight is 232 g/mol. The Morgan fingerprint density at radius 1 is 1.12 bits per heavy atom. The number of rotatable bonds is 4. The molecule has 1 saturated carbocycles. The normalized spacial score (nSPS) is 35.1. The lowest BCUT2D eigenvalue weighted by molar-refractivity contribution is 0.138. The van der Waals surface area contributed by atoms with Crippen LogP contribution in [0.25, 0.3) is 0 Å². The third-order valence-electron chi connectivity index (χ3n) is 3.93. The highest BCUT2D eigenvalue weighted by atomic mass is 19.3. The molecule has 3 unspecified atom stereocenters. The molecular formula is C12H22F2N2. The van der Waals surface area contributed by atoms with Crippen LogP contribution in [0.1, 0.15) is 38.5 Å². The van der Waals surface area contributed by atoms with Gasteiger partial charge in [0.25, 0.3) is 6.43 Å². The Hall–Kier alpha value is -0.220. The molecule has 94 valence electrons. The van der Waals surface area contributed by atoms with Crippen LogP contribution in [0.2, 0.25) is 0 Å². The molecule has 2 nitrogen and oxygen atoms in total. The van der Waals surface area contributed by atoms with Crippen LogP contribution < -0.4 is 10.6 Å². The van der Waals surface area contributed by atoms with Crippen molar-refractivity contribution in [1.82, 2.24) is 10.6 Å². The Bertz CT molecular complexity index is 211. The van der Waals surface area contributed by atoms with E-state index in [4.69, 9.17) is 0 Å². The molecular weight excluding hydrogens is 210 g/mol. The van der Waals surface area contributed by atoms with Gasteiger partial charge in [-0.15, -0.1) is 0 Å². The lowest BCUT2D eigenvalue weighted by Gasteiger charge is -2.40. The predicted octanol–water partition coefficient (Wildman–Crippen LogP) is 2.15. The third kappa shape index (κ3) is 3.39. The Labute approximate surface area is 96.2 Å². The van der Waals surface area contributed by atoms with Gasteiger partial charge in [-0.25, -0.2) is 8.78 Å². The number of hydrogen-bond donors (Lipinski definition) is 2. The van der Waals surface area contributed by atoms with Crippen LogP contribution in [0.3, 0.4) is 0 Å². The van der Waals surface area contributed by atoms with Crippen molar-refractivity contribution >= 4 is 0 Å². The summed E-state index contributed by atoms with van der Waals surface area (Å²) in [6.45, 7) is 0.514. The highest BCUT2D eigenvalue weighted by Gasteiger charge is 2.31. The smallest absolute Gasteiger partial charge is 0.250 e. The summed E-state index contributed by atoms with van der Waals surface area (Å²) in [6, 6.07) is 1.05. The number of halogens is 2. The van der Waals surface area contributed by atoms with Gasteiger partial charge in [0.2, 0.25) is 0 Å². The lowest BCUT2D eigenvalue weighted by Crippen LogP contribution is -2.52. The van der Waals surface area contributed by atoms with Gasteiger partial charge in [-0.05, 0) is 31.6 Å². The summed E-state index contributed by atoms with van der Waals surface area (Å²) in [5.74, 6) is 0.847. The zero-order valence-corrected chi connectivity index (χ0v) is 9.72. The van der Waals surface area contributed by atoms with Crippen molar-refractivity contribution in [3.63, 3.8) is 0 Å². The maximum atomic E-state index is 12.0. The maximum Gasteiger partial charge on any atom is 0.250 e. The summed E-state index contributed by atoms with van der Waals surface area (Å²) >= 11 is 0. The van der Waals surface area contributed by atoms with Crippen LogP contribution >= 0.6 is 0 Å².